The molecule has 0 unspecified atom stereocenters. The van der Waals surface area contributed by atoms with Crippen molar-refractivity contribution in [3.63, 3.8) is 0 Å². The monoisotopic (exact) mass is 346 g/mol. The van der Waals surface area contributed by atoms with Gasteiger partial charge in [-0.05, 0) is 36.6 Å². The lowest BCUT2D eigenvalue weighted by molar-refractivity contribution is -0.121. The fourth-order valence-electron chi connectivity index (χ4n) is 2.23. The van der Waals surface area contributed by atoms with Gasteiger partial charge in [0.2, 0.25) is 5.91 Å². The molecule has 3 N–H and O–H groups in total. The number of aryl methyl sites for hydroxylation is 1. The van der Waals surface area contributed by atoms with E-state index in [1.54, 1.807) is 0 Å². The smallest absolute Gasteiger partial charge is 0.220 e. The highest BCUT2D eigenvalue weighted by atomic mass is 79.9. The molecule has 21 heavy (non-hydrogen) atoms. The number of halogens is 1. The summed E-state index contributed by atoms with van der Waals surface area (Å²) in [6.45, 7) is 1.98. The topological polar surface area (TPSA) is 55.1 Å². The van der Waals surface area contributed by atoms with Crippen LogP contribution in [0.1, 0.15) is 30.5 Å². The minimum Gasteiger partial charge on any atom is -0.399 e. The van der Waals surface area contributed by atoms with Crippen molar-refractivity contribution >= 4 is 27.5 Å². The first-order chi connectivity index (χ1) is 10.1. The molecule has 110 valence electrons. The fourth-order valence-corrected chi connectivity index (χ4v) is 2.86. The van der Waals surface area contributed by atoms with Crippen molar-refractivity contribution in [3.05, 3.63) is 64.1 Å². The number of hydrogen-bond acceptors (Lipinski definition) is 2. The summed E-state index contributed by atoms with van der Waals surface area (Å²) in [4.78, 5) is 12.1. The van der Waals surface area contributed by atoms with Gasteiger partial charge in [-0.2, -0.15) is 0 Å². The van der Waals surface area contributed by atoms with Gasteiger partial charge in [0.1, 0.15) is 0 Å². The van der Waals surface area contributed by atoms with E-state index in [0.29, 0.717) is 12.8 Å². The number of nitrogens with one attached hydrogen (secondary N) is 1. The first kappa shape index (κ1) is 15.6. The van der Waals surface area contributed by atoms with Gasteiger partial charge in [-0.25, -0.2) is 0 Å². The fraction of sp³-hybridized carbons (Fsp3) is 0.235. The van der Waals surface area contributed by atoms with E-state index in [-0.39, 0.29) is 11.9 Å². The number of rotatable bonds is 5. The lowest BCUT2D eigenvalue weighted by atomic mass is 10.1. The molecule has 0 spiro atoms. The molecule has 3 nitrogen and oxygen atoms in total. The van der Waals surface area contributed by atoms with Gasteiger partial charge in [0.15, 0.2) is 0 Å². The SMILES string of the molecule is C[C@@H](NC(=O)CCc1ccccc1N)c1ccccc1Br. The highest BCUT2D eigenvalue weighted by molar-refractivity contribution is 9.10. The highest BCUT2D eigenvalue weighted by Crippen LogP contribution is 2.22. The molecule has 2 rings (SSSR count). The van der Waals surface area contributed by atoms with Crippen LogP contribution in [0.3, 0.4) is 0 Å². The number of carbonyl (C=O) groups excluding carboxylic acids is 1. The minimum atomic E-state index is -0.0267. The quantitative estimate of drug-likeness (QED) is 0.808. The summed E-state index contributed by atoms with van der Waals surface area (Å²) >= 11 is 3.50. The molecular formula is C17H19BrN2O. The third kappa shape index (κ3) is 4.33. The van der Waals surface area contributed by atoms with Gasteiger partial charge in [0, 0.05) is 16.6 Å². The number of para-hydroxylation sites is 1. The van der Waals surface area contributed by atoms with Crippen LogP contribution in [0.4, 0.5) is 5.69 Å². The van der Waals surface area contributed by atoms with Gasteiger partial charge in [0.25, 0.3) is 0 Å². The minimum absolute atomic E-state index is 0.0267. The van der Waals surface area contributed by atoms with Crippen LogP contribution in [-0.2, 0) is 11.2 Å². The van der Waals surface area contributed by atoms with E-state index in [4.69, 9.17) is 5.73 Å². The van der Waals surface area contributed by atoms with Gasteiger partial charge in [-0.15, -0.1) is 0 Å². The van der Waals surface area contributed by atoms with Crippen molar-refractivity contribution in [2.24, 2.45) is 0 Å². The Bertz CT molecular complexity index is 628. The Kier molecular flexibility index (Phi) is 5.39. The van der Waals surface area contributed by atoms with Crippen LogP contribution in [0.5, 0.6) is 0 Å². The van der Waals surface area contributed by atoms with E-state index < -0.39 is 0 Å². The largest absolute Gasteiger partial charge is 0.399 e. The Labute approximate surface area is 133 Å². The van der Waals surface area contributed by atoms with Crippen molar-refractivity contribution in [1.82, 2.24) is 5.32 Å². The summed E-state index contributed by atoms with van der Waals surface area (Å²) in [5, 5.41) is 3.02. The summed E-state index contributed by atoms with van der Waals surface area (Å²) < 4.78 is 1.00. The van der Waals surface area contributed by atoms with Crippen LogP contribution in [-0.4, -0.2) is 5.91 Å². The highest BCUT2D eigenvalue weighted by Gasteiger charge is 2.12. The normalized spacial score (nSPS) is 11.9. The molecule has 1 amide bonds. The second kappa shape index (κ2) is 7.27. The van der Waals surface area contributed by atoms with E-state index in [2.05, 4.69) is 21.2 Å². The molecule has 0 aliphatic carbocycles. The molecular weight excluding hydrogens is 328 g/mol. The molecule has 2 aromatic rings. The first-order valence-corrected chi connectivity index (χ1v) is 7.74. The number of nitrogen functional groups attached to an aromatic ring is 1. The summed E-state index contributed by atoms with van der Waals surface area (Å²) in [5.74, 6) is 0.0292. The second-order valence-corrected chi connectivity index (χ2v) is 5.86. The van der Waals surface area contributed by atoms with E-state index in [1.807, 2.05) is 55.5 Å². The third-order valence-corrected chi connectivity index (χ3v) is 4.15. The van der Waals surface area contributed by atoms with Crippen molar-refractivity contribution < 1.29 is 4.79 Å². The number of hydrogen-bond donors (Lipinski definition) is 2. The number of benzene rings is 2. The van der Waals surface area contributed by atoms with Crippen LogP contribution in [0.2, 0.25) is 0 Å². The molecule has 0 saturated heterocycles. The van der Waals surface area contributed by atoms with E-state index in [0.717, 1.165) is 21.3 Å². The summed E-state index contributed by atoms with van der Waals surface area (Å²) in [5.41, 5.74) is 8.71. The predicted octanol–water partition coefficient (Wildman–Crippen LogP) is 3.84. The van der Waals surface area contributed by atoms with Gasteiger partial charge < -0.3 is 11.1 Å². The Morgan fingerprint density at radius 3 is 2.57 bits per heavy atom. The van der Waals surface area contributed by atoms with Gasteiger partial charge in [-0.1, -0.05) is 52.3 Å². The van der Waals surface area contributed by atoms with E-state index in [9.17, 15) is 4.79 Å². The zero-order chi connectivity index (χ0) is 15.2. The van der Waals surface area contributed by atoms with Crippen molar-refractivity contribution in [2.45, 2.75) is 25.8 Å². The van der Waals surface area contributed by atoms with Crippen molar-refractivity contribution in [3.8, 4) is 0 Å². The molecule has 4 heteroatoms. The molecule has 0 aromatic heterocycles. The molecule has 0 saturated carbocycles. The standard InChI is InChI=1S/C17H19BrN2O/c1-12(14-7-3-4-8-15(14)18)20-17(21)11-10-13-6-2-5-9-16(13)19/h2-9,12H,10-11,19H2,1H3,(H,20,21)/t12-/m1/s1. The zero-order valence-electron chi connectivity index (χ0n) is 12.0. The maximum absolute atomic E-state index is 12.1. The Balaban J connectivity index is 1.90. The molecule has 2 aromatic carbocycles. The molecule has 1 atom stereocenters. The van der Waals surface area contributed by atoms with Crippen LogP contribution in [0.15, 0.2) is 53.0 Å². The predicted molar refractivity (Wildman–Crippen MR) is 89.9 cm³/mol. The van der Waals surface area contributed by atoms with Crippen LogP contribution in [0, 0.1) is 0 Å². The zero-order valence-corrected chi connectivity index (χ0v) is 13.6. The Hall–Kier alpha value is -1.81. The van der Waals surface area contributed by atoms with Gasteiger partial charge in [0.05, 0.1) is 6.04 Å². The molecule has 0 bridgehead atoms. The van der Waals surface area contributed by atoms with E-state index >= 15 is 0 Å². The second-order valence-electron chi connectivity index (χ2n) is 5.01. The molecule has 0 aliphatic rings. The average molecular weight is 347 g/mol. The molecule has 0 radical (unpaired) electrons. The molecule has 0 heterocycles. The number of amides is 1. The van der Waals surface area contributed by atoms with Crippen molar-refractivity contribution in [1.29, 1.82) is 0 Å². The summed E-state index contributed by atoms with van der Waals surface area (Å²) in [6, 6.07) is 15.5. The maximum atomic E-state index is 12.1. The third-order valence-electron chi connectivity index (χ3n) is 3.43. The van der Waals surface area contributed by atoms with Crippen molar-refractivity contribution in [2.75, 3.05) is 5.73 Å². The van der Waals surface area contributed by atoms with Crippen LogP contribution in [0.25, 0.3) is 0 Å². The Morgan fingerprint density at radius 2 is 1.86 bits per heavy atom. The first-order valence-electron chi connectivity index (χ1n) is 6.95. The lowest BCUT2D eigenvalue weighted by Crippen LogP contribution is -2.27. The lowest BCUT2D eigenvalue weighted by Gasteiger charge is -2.16. The summed E-state index contributed by atoms with van der Waals surface area (Å²) in [7, 11) is 0. The molecule has 0 aliphatic heterocycles. The van der Waals surface area contributed by atoms with Gasteiger partial charge in [-0.3, -0.25) is 4.79 Å². The summed E-state index contributed by atoms with van der Waals surface area (Å²) in [6.07, 6.45) is 1.09. The Morgan fingerprint density at radius 1 is 1.19 bits per heavy atom. The maximum Gasteiger partial charge on any atom is 0.220 e. The van der Waals surface area contributed by atoms with Crippen LogP contribution >= 0.6 is 15.9 Å². The number of nitrogens with two attached hydrogens (primary N) is 1. The number of anilines is 1. The van der Waals surface area contributed by atoms with Crippen LogP contribution < -0.4 is 11.1 Å². The van der Waals surface area contributed by atoms with E-state index in [1.165, 1.54) is 0 Å². The number of carbonyl (C=O) groups is 1. The van der Waals surface area contributed by atoms with Gasteiger partial charge >= 0.3 is 0 Å². The molecule has 0 fully saturated rings. The average Bonchev–Trinajstić information content (AvgIpc) is 2.46.